The fraction of sp³-hybridized carbons (Fsp3) is 0.417. The molecule has 1 aliphatic carbocycles. The van der Waals surface area contributed by atoms with E-state index in [1.165, 1.54) is 0 Å². The summed E-state index contributed by atoms with van der Waals surface area (Å²) in [5, 5.41) is 2.33. The number of amides is 1. The van der Waals surface area contributed by atoms with Crippen molar-refractivity contribution in [1.29, 1.82) is 0 Å². The Morgan fingerprint density at radius 3 is 2.88 bits per heavy atom. The summed E-state index contributed by atoms with van der Waals surface area (Å²) in [6.45, 7) is 0. The highest BCUT2D eigenvalue weighted by Gasteiger charge is 2.34. The van der Waals surface area contributed by atoms with Crippen LogP contribution in [0.25, 0.3) is 0 Å². The number of carbonyl (C=O) groups is 1. The Bertz CT molecular complexity index is 462. The molecule has 92 valence electrons. The molecule has 0 fully saturated rings. The molecule has 0 aromatic heterocycles. The van der Waals surface area contributed by atoms with Gasteiger partial charge in [-0.15, -0.1) is 0 Å². The van der Waals surface area contributed by atoms with E-state index in [1.54, 1.807) is 7.05 Å². The van der Waals surface area contributed by atoms with Crippen molar-refractivity contribution in [1.82, 2.24) is 5.32 Å². The SMILES string of the molecule is CNC(=O)CS(=O)C1Cc2ccccc2C1N. The number of rotatable bonds is 3. The van der Waals surface area contributed by atoms with Crippen molar-refractivity contribution in [2.45, 2.75) is 17.7 Å². The largest absolute Gasteiger partial charge is 0.358 e. The summed E-state index contributed by atoms with van der Waals surface area (Å²) < 4.78 is 12.1. The Morgan fingerprint density at radius 1 is 1.53 bits per heavy atom. The van der Waals surface area contributed by atoms with Crippen LogP contribution in [0.2, 0.25) is 0 Å². The molecule has 0 saturated heterocycles. The van der Waals surface area contributed by atoms with Gasteiger partial charge in [0.05, 0.1) is 5.25 Å². The molecular formula is C12H16N2O2S. The van der Waals surface area contributed by atoms with Crippen molar-refractivity contribution in [2.24, 2.45) is 5.73 Å². The van der Waals surface area contributed by atoms with Crippen LogP contribution in [0, 0.1) is 0 Å². The van der Waals surface area contributed by atoms with Crippen molar-refractivity contribution in [2.75, 3.05) is 12.8 Å². The summed E-state index contributed by atoms with van der Waals surface area (Å²) in [4.78, 5) is 11.2. The zero-order valence-electron chi connectivity index (χ0n) is 9.68. The van der Waals surface area contributed by atoms with Crippen molar-refractivity contribution in [3.63, 3.8) is 0 Å². The molecule has 1 aromatic rings. The Morgan fingerprint density at radius 2 is 2.24 bits per heavy atom. The first-order valence-corrected chi connectivity index (χ1v) is 6.93. The molecule has 0 bridgehead atoms. The van der Waals surface area contributed by atoms with Gasteiger partial charge in [0.1, 0.15) is 5.75 Å². The molecule has 0 aliphatic heterocycles. The van der Waals surface area contributed by atoms with Crippen molar-refractivity contribution in [3.8, 4) is 0 Å². The van der Waals surface area contributed by atoms with Gasteiger partial charge in [-0.2, -0.15) is 0 Å². The molecule has 1 amide bonds. The summed E-state index contributed by atoms with van der Waals surface area (Å²) in [5.74, 6) is -0.172. The number of carbonyl (C=O) groups excluding carboxylic acids is 1. The lowest BCUT2D eigenvalue weighted by Crippen LogP contribution is -2.33. The van der Waals surface area contributed by atoms with E-state index < -0.39 is 10.8 Å². The van der Waals surface area contributed by atoms with Crippen molar-refractivity contribution >= 4 is 16.7 Å². The predicted octanol–water partition coefficient (Wildman–Crippen LogP) is 0.106. The second-order valence-electron chi connectivity index (χ2n) is 4.17. The molecule has 3 atom stereocenters. The fourth-order valence-corrected chi connectivity index (χ4v) is 3.61. The van der Waals surface area contributed by atoms with Crippen LogP contribution < -0.4 is 11.1 Å². The zero-order valence-corrected chi connectivity index (χ0v) is 10.5. The lowest BCUT2D eigenvalue weighted by atomic mass is 10.1. The Hall–Kier alpha value is -1.20. The standard InChI is InChI=1S/C12H16N2O2S/c1-14-11(15)7-17(16)10-6-8-4-2-3-5-9(8)12(10)13/h2-5,10,12H,6-7,13H2,1H3,(H,14,15). The van der Waals surface area contributed by atoms with Crippen LogP contribution in [-0.4, -0.2) is 28.2 Å². The Kier molecular flexibility index (Phi) is 3.59. The van der Waals surface area contributed by atoms with Gasteiger partial charge in [0.2, 0.25) is 5.91 Å². The summed E-state index contributed by atoms with van der Waals surface area (Å²) in [5.41, 5.74) is 8.29. The van der Waals surface area contributed by atoms with Gasteiger partial charge >= 0.3 is 0 Å². The highest BCUT2D eigenvalue weighted by atomic mass is 32.2. The predicted molar refractivity (Wildman–Crippen MR) is 67.9 cm³/mol. The molecule has 0 saturated carbocycles. The highest BCUT2D eigenvalue weighted by Crippen LogP contribution is 2.32. The van der Waals surface area contributed by atoms with Crippen LogP contribution in [-0.2, 0) is 22.0 Å². The van der Waals surface area contributed by atoms with E-state index in [9.17, 15) is 9.00 Å². The third-order valence-corrected chi connectivity index (χ3v) is 4.81. The average molecular weight is 252 g/mol. The van der Waals surface area contributed by atoms with E-state index >= 15 is 0 Å². The molecule has 1 aliphatic rings. The number of hydrogen-bond donors (Lipinski definition) is 2. The first-order chi connectivity index (χ1) is 8.13. The number of nitrogens with one attached hydrogen (secondary N) is 1. The van der Waals surface area contributed by atoms with E-state index in [-0.39, 0.29) is 23.0 Å². The minimum absolute atomic E-state index is 0.0306. The second-order valence-corrected chi connectivity index (χ2v) is 5.82. The van der Waals surface area contributed by atoms with Crippen molar-refractivity contribution < 1.29 is 9.00 Å². The van der Waals surface area contributed by atoms with Crippen LogP contribution in [0.5, 0.6) is 0 Å². The van der Waals surface area contributed by atoms with E-state index in [0.717, 1.165) is 11.1 Å². The number of fused-ring (bicyclic) bond motifs is 1. The molecule has 1 aromatic carbocycles. The lowest BCUT2D eigenvalue weighted by molar-refractivity contribution is -0.118. The van der Waals surface area contributed by atoms with Crippen LogP contribution in [0.15, 0.2) is 24.3 Å². The van der Waals surface area contributed by atoms with Gasteiger partial charge in [-0.3, -0.25) is 9.00 Å². The topological polar surface area (TPSA) is 72.2 Å². The van der Waals surface area contributed by atoms with Crippen molar-refractivity contribution in [3.05, 3.63) is 35.4 Å². The van der Waals surface area contributed by atoms with Crippen LogP contribution in [0.4, 0.5) is 0 Å². The fourth-order valence-electron chi connectivity index (χ4n) is 2.15. The van der Waals surface area contributed by atoms with Gasteiger partial charge in [-0.1, -0.05) is 24.3 Å². The summed E-state index contributed by atoms with van der Waals surface area (Å²) in [6, 6.07) is 7.64. The van der Waals surface area contributed by atoms with Gasteiger partial charge in [0.15, 0.2) is 0 Å². The molecule has 0 radical (unpaired) electrons. The average Bonchev–Trinajstić information content (AvgIpc) is 2.67. The van der Waals surface area contributed by atoms with Gasteiger partial charge in [-0.25, -0.2) is 0 Å². The van der Waals surface area contributed by atoms with E-state index in [2.05, 4.69) is 5.32 Å². The van der Waals surface area contributed by atoms with Gasteiger partial charge < -0.3 is 11.1 Å². The minimum atomic E-state index is -1.22. The second kappa shape index (κ2) is 4.98. The first kappa shape index (κ1) is 12.3. The molecule has 2 rings (SSSR count). The first-order valence-electron chi connectivity index (χ1n) is 5.54. The van der Waals surface area contributed by atoms with Crippen LogP contribution in [0.3, 0.4) is 0 Å². The van der Waals surface area contributed by atoms with E-state index in [1.807, 2.05) is 24.3 Å². The zero-order chi connectivity index (χ0) is 12.4. The molecule has 17 heavy (non-hydrogen) atoms. The van der Waals surface area contributed by atoms with E-state index in [4.69, 9.17) is 5.73 Å². The molecule has 5 heteroatoms. The number of nitrogens with two attached hydrogens (primary N) is 1. The van der Waals surface area contributed by atoms with Gasteiger partial charge in [-0.05, 0) is 17.5 Å². The molecule has 3 N–H and O–H groups in total. The third-order valence-electron chi connectivity index (χ3n) is 3.13. The molecule has 0 heterocycles. The minimum Gasteiger partial charge on any atom is -0.358 e. The summed E-state index contributed by atoms with van der Waals surface area (Å²) in [7, 11) is 0.326. The van der Waals surface area contributed by atoms with E-state index in [0.29, 0.717) is 6.42 Å². The van der Waals surface area contributed by atoms with Gasteiger partial charge in [0, 0.05) is 23.9 Å². The maximum absolute atomic E-state index is 12.1. The number of benzene rings is 1. The smallest absolute Gasteiger partial charge is 0.232 e. The number of hydrogen-bond acceptors (Lipinski definition) is 3. The highest BCUT2D eigenvalue weighted by molar-refractivity contribution is 7.86. The quantitative estimate of drug-likeness (QED) is 0.802. The van der Waals surface area contributed by atoms with Crippen LogP contribution in [0.1, 0.15) is 17.2 Å². The Labute approximate surface area is 103 Å². The summed E-state index contributed by atoms with van der Waals surface area (Å²) in [6.07, 6.45) is 0.695. The normalized spacial score (nSPS) is 24.1. The van der Waals surface area contributed by atoms with Crippen LogP contribution >= 0.6 is 0 Å². The summed E-state index contributed by atoms with van der Waals surface area (Å²) >= 11 is 0. The lowest BCUT2D eigenvalue weighted by Gasteiger charge is -2.15. The monoisotopic (exact) mass is 252 g/mol. The molecular weight excluding hydrogens is 236 g/mol. The third kappa shape index (κ3) is 2.40. The molecule has 3 unspecified atom stereocenters. The molecule has 4 nitrogen and oxygen atoms in total. The molecule has 0 spiro atoms. The maximum Gasteiger partial charge on any atom is 0.232 e. The van der Waals surface area contributed by atoms with Gasteiger partial charge in [0.25, 0.3) is 0 Å². The Balaban J connectivity index is 2.12. The maximum atomic E-state index is 12.1.